The van der Waals surface area contributed by atoms with E-state index >= 15 is 0 Å². The van der Waals surface area contributed by atoms with Gasteiger partial charge >= 0.3 is 0 Å². The fraction of sp³-hybridized carbons (Fsp3) is 0.600. The van der Waals surface area contributed by atoms with Crippen LogP contribution in [0.25, 0.3) is 0 Å². The molecule has 1 nitrogen and oxygen atoms in total. The molecule has 0 heterocycles. The first kappa shape index (κ1) is 15.0. The quantitative estimate of drug-likeness (QED) is 0.510. The number of hydrogen-bond donors (Lipinski definition) is 1. The molecule has 0 radical (unpaired) electrons. The van der Waals surface area contributed by atoms with Gasteiger partial charge in [0.05, 0.1) is 0 Å². The van der Waals surface area contributed by atoms with Crippen molar-refractivity contribution in [2.75, 3.05) is 0 Å². The largest absolute Gasteiger partial charge is 0.378 e. The van der Waals surface area contributed by atoms with E-state index in [0.717, 1.165) is 25.7 Å². The van der Waals surface area contributed by atoms with E-state index in [4.69, 9.17) is 6.42 Å². The van der Waals surface area contributed by atoms with E-state index in [-0.39, 0.29) is 0 Å². The van der Waals surface area contributed by atoms with Crippen molar-refractivity contribution in [1.29, 1.82) is 0 Å². The van der Waals surface area contributed by atoms with Crippen molar-refractivity contribution in [1.82, 2.24) is 0 Å². The van der Waals surface area contributed by atoms with Crippen LogP contribution in [0.5, 0.6) is 0 Å². The van der Waals surface area contributed by atoms with Crippen LogP contribution < -0.4 is 0 Å². The van der Waals surface area contributed by atoms with E-state index < -0.39 is 5.60 Å². The first-order valence-electron chi connectivity index (χ1n) is 5.87. The minimum Gasteiger partial charge on any atom is -0.378 e. The van der Waals surface area contributed by atoms with Crippen molar-refractivity contribution in [2.45, 2.75) is 58.5 Å². The van der Waals surface area contributed by atoms with Crippen LogP contribution in [-0.4, -0.2) is 10.7 Å². The van der Waals surface area contributed by atoms with E-state index in [0.29, 0.717) is 6.42 Å². The summed E-state index contributed by atoms with van der Waals surface area (Å²) in [4.78, 5) is 0. The monoisotopic (exact) mass is 220 g/mol. The molecule has 90 valence electrons. The van der Waals surface area contributed by atoms with Crippen molar-refractivity contribution < 1.29 is 5.11 Å². The molecule has 0 rings (SSSR count). The second kappa shape index (κ2) is 7.30. The van der Waals surface area contributed by atoms with Crippen molar-refractivity contribution in [3.8, 4) is 12.3 Å². The zero-order valence-electron chi connectivity index (χ0n) is 10.8. The highest BCUT2D eigenvalue weighted by molar-refractivity contribution is 5.06. The van der Waals surface area contributed by atoms with Crippen LogP contribution in [0.1, 0.15) is 52.9 Å². The summed E-state index contributed by atoms with van der Waals surface area (Å²) >= 11 is 0. The van der Waals surface area contributed by atoms with Crippen LogP contribution in [0.3, 0.4) is 0 Å². The maximum absolute atomic E-state index is 9.61. The van der Waals surface area contributed by atoms with Gasteiger partial charge in [-0.1, -0.05) is 23.1 Å². The fourth-order valence-electron chi connectivity index (χ4n) is 1.44. The molecular formula is C15H24O. The molecule has 1 N–H and O–H groups in total. The van der Waals surface area contributed by atoms with E-state index in [1.807, 2.05) is 0 Å². The summed E-state index contributed by atoms with van der Waals surface area (Å²) in [6.07, 6.45) is 12.2. The highest BCUT2D eigenvalue weighted by Gasteiger charge is 2.14. The van der Waals surface area contributed by atoms with Crippen molar-refractivity contribution in [2.24, 2.45) is 0 Å². The van der Waals surface area contributed by atoms with Gasteiger partial charge in [0.2, 0.25) is 0 Å². The van der Waals surface area contributed by atoms with Crippen molar-refractivity contribution >= 4 is 0 Å². The Labute approximate surface area is 100 Å². The Morgan fingerprint density at radius 3 is 2.56 bits per heavy atom. The number of allylic oxidation sites excluding steroid dienone is 3. The predicted molar refractivity (Wildman–Crippen MR) is 71.1 cm³/mol. The normalized spacial score (nSPS) is 15.3. The lowest BCUT2D eigenvalue weighted by molar-refractivity contribution is 0.113. The van der Waals surface area contributed by atoms with E-state index in [1.54, 1.807) is 6.92 Å². The molecule has 16 heavy (non-hydrogen) atoms. The smallest absolute Gasteiger partial charge is 0.122 e. The summed E-state index contributed by atoms with van der Waals surface area (Å²) in [5, 5.41) is 9.61. The zero-order chi connectivity index (χ0) is 12.6. The van der Waals surface area contributed by atoms with E-state index in [9.17, 15) is 5.11 Å². The minimum absolute atomic E-state index is 0.626. The van der Waals surface area contributed by atoms with Gasteiger partial charge in [0, 0.05) is 0 Å². The molecular weight excluding hydrogens is 196 g/mol. The topological polar surface area (TPSA) is 20.2 Å². The number of aliphatic hydroxyl groups is 1. The van der Waals surface area contributed by atoms with Gasteiger partial charge in [0.25, 0.3) is 0 Å². The molecule has 0 saturated carbocycles. The Bertz CT molecular complexity index is 289. The second-order valence-corrected chi connectivity index (χ2v) is 4.82. The predicted octanol–water partition coefficient (Wildman–Crippen LogP) is 3.84. The van der Waals surface area contributed by atoms with Crippen molar-refractivity contribution in [3.63, 3.8) is 0 Å². The van der Waals surface area contributed by atoms with E-state index in [2.05, 4.69) is 32.4 Å². The van der Waals surface area contributed by atoms with Gasteiger partial charge in [-0.15, -0.1) is 13.0 Å². The number of rotatable bonds is 7. The van der Waals surface area contributed by atoms with Crippen LogP contribution in [0.15, 0.2) is 23.8 Å². The number of hydrogen-bond acceptors (Lipinski definition) is 1. The lowest BCUT2D eigenvalue weighted by Crippen LogP contribution is -2.20. The molecule has 0 aromatic carbocycles. The highest BCUT2D eigenvalue weighted by Crippen LogP contribution is 2.15. The molecule has 0 amide bonds. The van der Waals surface area contributed by atoms with Gasteiger partial charge < -0.3 is 5.11 Å². The maximum Gasteiger partial charge on any atom is 0.122 e. The highest BCUT2D eigenvalue weighted by atomic mass is 16.3. The van der Waals surface area contributed by atoms with Crippen LogP contribution in [0.2, 0.25) is 0 Å². The van der Waals surface area contributed by atoms with Gasteiger partial charge in [-0.2, -0.15) is 0 Å². The third-order valence-corrected chi connectivity index (χ3v) is 2.61. The first-order chi connectivity index (χ1) is 7.37. The van der Waals surface area contributed by atoms with Crippen LogP contribution in [0.4, 0.5) is 0 Å². The summed E-state index contributed by atoms with van der Waals surface area (Å²) in [6.45, 7) is 9.75. The Morgan fingerprint density at radius 2 is 2.06 bits per heavy atom. The van der Waals surface area contributed by atoms with Crippen LogP contribution >= 0.6 is 0 Å². The average Bonchev–Trinajstić information content (AvgIpc) is 2.17. The fourth-order valence-corrected chi connectivity index (χ4v) is 1.44. The summed E-state index contributed by atoms with van der Waals surface area (Å²) < 4.78 is 0. The Hall–Kier alpha value is -1.00. The average molecular weight is 220 g/mol. The molecule has 0 aliphatic rings. The molecule has 1 atom stereocenters. The van der Waals surface area contributed by atoms with Crippen LogP contribution in [0, 0.1) is 12.3 Å². The van der Waals surface area contributed by atoms with Gasteiger partial charge in [-0.25, -0.2) is 0 Å². The Kier molecular flexibility index (Phi) is 6.85. The Balaban J connectivity index is 3.80. The van der Waals surface area contributed by atoms with Gasteiger partial charge in [-0.05, 0) is 52.9 Å². The molecule has 0 spiro atoms. The number of terminal acetylenes is 1. The molecule has 0 aromatic rings. The van der Waals surface area contributed by atoms with Gasteiger partial charge in [-0.3, -0.25) is 0 Å². The molecule has 1 unspecified atom stereocenters. The lowest BCUT2D eigenvalue weighted by Gasteiger charge is -2.14. The first-order valence-corrected chi connectivity index (χ1v) is 5.87. The second-order valence-electron chi connectivity index (χ2n) is 4.82. The van der Waals surface area contributed by atoms with E-state index in [1.165, 1.54) is 11.1 Å². The van der Waals surface area contributed by atoms with Gasteiger partial charge in [0.1, 0.15) is 5.60 Å². The summed E-state index contributed by atoms with van der Waals surface area (Å²) in [7, 11) is 0. The van der Waals surface area contributed by atoms with Crippen molar-refractivity contribution in [3.05, 3.63) is 23.8 Å². The summed E-state index contributed by atoms with van der Waals surface area (Å²) in [5.74, 6) is 2.39. The van der Waals surface area contributed by atoms with Crippen LogP contribution in [-0.2, 0) is 0 Å². The molecule has 0 fully saturated rings. The molecule has 0 aliphatic carbocycles. The molecule has 1 heteroatoms. The zero-order valence-corrected chi connectivity index (χ0v) is 10.8. The van der Waals surface area contributed by atoms with Gasteiger partial charge in [0.15, 0.2) is 0 Å². The molecule has 0 bridgehead atoms. The lowest BCUT2D eigenvalue weighted by atomic mass is 9.99. The summed E-state index contributed by atoms with van der Waals surface area (Å²) in [5.41, 5.74) is 1.64. The third-order valence-electron chi connectivity index (χ3n) is 2.61. The molecule has 0 aliphatic heterocycles. The molecule has 0 saturated heterocycles. The third kappa shape index (κ3) is 8.32. The Morgan fingerprint density at radius 1 is 1.44 bits per heavy atom. The maximum atomic E-state index is 9.61. The minimum atomic E-state index is -0.964. The summed E-state index contributed by atoms with van der Waals surface area (Å²) in [6, 6.07) is 0. The molecule has 0 aromatic heterocycles. The SMILES string of the molecule is C#CC(C)(O)CC/C=C(\C)CCCC(=C)C. The standard InChI is InChI=1S/C15H24O/c1-6-15(5,16)12-8-11-14(4)10-7-9-13(2)3/h1,11,16H,2,7-10,12H2,3-5H3/b14-11+.